The topological polar surface area (TPSA) is 58.6 Å². The van der Waals surface area contributed by atoms with Crippen LogP contribution in [0.1, 0.15) is 23.7 Å². The number of carbonyl (C=O) groups is 2. The van der Waals surface area contributed by atoms with Crippen LogP contribution in [-0.2, 0) is 9.53 Å². The van der Waals surface area contributed by atoms with E-state index in [1.807, 2.05) is 6.92 Å². The molecule has 2 amide bonds. The number of methoxy groups -OCH3 is 1. The van der Waals surface area contributed by atoms with Gasteiger partial charge in [-0.3, -0.25) is 9.59 Å². The lowest BCUT2D eigenvalue weighted by Gasteiger charge is -2.28. The van der Waals surface area contributed by atoms with Crippen molar-refractivity contribution < 1.29 is 14.3 Å². The minimum atomic E-state index is -0.518. The number of halogens is 2. The van der Waals surface area contributed by atoms with Crippen molar-refractivity contribution in [3.8, 4) is 0 Å². The monoisotopic (exact) mass is 390 g/mol. The Bertz CT molecular complexity index is 615. The van der Waals surface area contributed by atoms with E-state index in [1.165, 1.54) is 6.07 Å². The van der Waals surface area contributed by atoms with Crippen LogP contribution in [0.15, 0.2) is 18.2 Å². The molecule has 0 aromatic heterocycles. The van der Waals surface area contributed by atoms with Crippen molar-refractivity contribution in [2.45, 2.75) is 24.8 Å². The Morgan fingerprint density at radius 2 is 2.17 bits per heavy atom. The summed E-state index contributed by atoms with van der Waals surface area (Å²) in [6.07, 6.45) is 0.753. The zero-order valence-corrected chi connectivity index (χ0v) is 15.9. The van der Waals surface area contributed by atoms with E-state index >= 15 is 0 Å². The van der Waals surface area contributed by atoms with Crippen LogP contribution in [0, 0.1) is 0 Å². The molecule has 0 radical (unpaired) electrons. The number of ether oxygens (including phenoxy) is 1. The van der Waals surface area contributed by atoms with Crippen molar-refractivity contribution in [2.24, 2.45) is 0 Å². The van der Waals surface area contributed by atoms with Crippen molar-refractivity contribution in [1.82, 2.24) is 10.2 Å². The van der Waals surface area contributed by atoms with Crippen molar-refractivity contribution in [1.29, 1.82) is 0 Å². The molecular formula is C16H20Cl2N2O3S. The van der Waals surface area contributed by atoms with Crippen molar-refractivity contribution in [3.63, 3.8) is 0 Å². The molecule has 1 aromatic rings. The van der Waals surface area contributed by atoms with Crippen LogP contribution in [0.2, 0.25) is 10.0 Å². The molecule has 1 aromatic carbocycles. The van der Waals surface area contributed by atoms with E-state index < -0.39 is 6.04 Å². The Labute approximate surface area is 156 Å². The van der Waals surface area contributed by atoms with Crippen LogP contribution < -0.4 is 5.32 Å². The second-order valence-corrected chi connectivity index (χ2v) is 7.39. The van der Waals surface area contributed by atoms with Crippen LogP contribution in [0.4, 0.5) is 0 Å². The molecule has 1 fully saturated rings. The summed E-state index contributed by atoms with van der Waals surface area (Å²) in [5, 5.41) is 3.51. The number of nitrogens with one attached hydrogen (secondary N) is 1. The maximum atomic E-state index is 13.0. The van der Waals surface area contributed by atoms with Gasteiger partial charge >= 0.3 is 0 Å². The molecule has 24 heavy (non-hydrogen) atoms. The van der Waals surface area contributed by atoms with E-state index in [4.69, 9.17) is 27.9 Å². The third-order valence-electron chi connectivity index (χ3n) is 3.75. The summed E-state index contributed by atoms with van der Waals surface area (Å²) in [6.45, 7) is 2.84. The smallest absolute Gasteiger partial charge is 0.256 e. The van der Waals surface area contributed by atoms with Gasteiger partial charge in [0.25, 0.3) is 5.91 Å². The van der Waals surface area contributed by atoms with Gasteiger partial charge in [0, 0.05) is 24.4 Å². The fourth-order valence-electron chi connectivity index (χ4n) is 2.55. The Morgan fingerprint density at radius 3 is 2.79 bits per heavy atom. The molecular weight excluding hydrogens is 371 g/mol. The summed E-state index contributed by atoms with van der Waals surface area (Å²) in [4.78, 5) is 27.0. The standard InChI is InChI=1S/C16H20Cl2N2O3S/c1-3-14-20(13(9-24-14)15(21)19-6-7-23-2)16(22)11-5-4-10(17)8-12(11)18/h4-5,8,13-14H,3,6-7,9H2,1-2H3,(H,19,21). The van der Waals surface area contributed by atoms with Gasteiger partial charge in [0.15, 0.2) is 0 Å². The van der Waals surface area contributed by atoms with Gasteiger partial charge in [-0.15, -0.1) is 11.8 Å². The predicted molar refractivity (Wildman–Crippen MR) is 97.8 cm³/mol. The van der Waals surface area contributed by atoms with Gasteiger partial charge in [-0.25, -0.2) is 0 Å². The van der Waals surface area contributed by atoms with Gasteiger partial charge in [0.1, 0.15) is 6.04 Å². The van der Waals surface area contributed by atoms with E-state index in [9.17, 15) is 9.59 Å². The third-order valence-corrected chi connectivity index (χ3v) is 5.75. The SMILES string of the molecule is CCC1SCC(C(=O)NCCOC)N1C(=O)c1ccc(Cl)cc1Cl. The Morgan fingerprint density at radius 1 is 1.42 bits per heavy atom. The fraction of sp³-hybridized carbons (Fsp3) is 0.500. The van der Waals surface area contributed by atoms with E-state index in [0.717, 1.165) is 6.42 Å². The maximum Gasteiger partial charge on any atom is 0.256 e. The molecule has 1 heterocycles. The first-order valence-corrected chi connectivity index (χ1v) is 9.46. The second kappa shape index (κ2) is 8.94. The quantitative estimate of drug-likeness (QED) is 0.758. The molecule has 1 N–H and O–H groups in total. The van der Waals surface area contributed by atoms with E-state index in [1.54, 1.807) is 35.9 Å². The molecule has 0 bridgehead atoms. The number of nitrogens with zero attached hydrogens (tertiary/aromatic N) is 1. The average molecular weight is 391 g/mol. The van der Waals surface area contributed by atoms with Crippen LogP contribution >= 0.6 is 35.0 Å². The largest absolute Gasteiger partial charge is 0.383 e. The van der Waals surface area contributed by atoms with Gasteiger partial charge in [-0.1, -0.05) is 30.1 Å². The molecule has 5 nitrogen and oxygen atoms in total. The summed E-state index contributed by atoms with van der Waals surface area (Å²) < 4.78 is 4.94. The molecule has 1 aliphatic rings. The highest BCUT2D eigenvalue weighted by Gasteiger charge is 2.41. The maximum absolute atomic E-state index is 13.0. The molecule has 8 heteroatoms. The van der Waals surface area contributed by atoms with Gasteiger partial charge in [-0.2, -0.15) is 0 Å². The Kier molecular flexibility index (Phi) is 7.22. The Hall–Kier alpha value is -0.950. The van der Waals surface area contributed by atoms with Crippen molar-refractivity contribution in [3.05, 3.63) is 33.8 Å². The van der Waals surface area contributed by atoms with Crippen LogP contribution in [0.25, 0.3) is 0 Å². The molecule has 132 valence electrons. The number of hydrogen-bond acceptors (Lipinski definition) is 4. The van der Waals surface area contributed by atoms with E-state index in [-0.39, 0.29) is 22.2 Å². The molecule has 0 spiro atoms. The lowest BCUT2D eigenvalue weighted by Crippen LogP contribution is -2.50. The highest BCUT2D eigenvalue weighted by Crippen LogP contribution is 2.34. The van der Waals surface area contributed by atoms with Crippen LogP contribution in [-0.4, -0.2) is 54.1 Å². The minimum absolute atomic E-state index is 0.0533. The lowest BCUT2D eigenvalue weighted by molar-refractivity contribution is -0.125. The molecule has 2 atom stereocenters. The highest BCUT2D eigenvalue weighted by atomic mass is 35.5. The normalized spacial score (nSPS) is 20.2. The predicted octanol–water partition coefficient (Wildman–Crippen LogP) is 3.05. The zero-order chi connectivity index (χ0) is 17.7. The number of thioether (sulfide) groups is 1. The van der Waals surface area contributed by atoms with Gasteiger partial charge in [0.05, 0.1) is 22.6 Å². The summed E-state index contributed by atoms with van der Waals surface area (Å²) in [7, 11) is 1.57. The van der Waals surface area contributed by atoms with Gasteiger partial charge in [0.2, 0.25) is 5.91 Å². The lowest BCUT2D eigenvalue weighted by atomic mass is 10.1. The summed E-state index contributed by atoms with van der Waals surface area (Å²) >= 11 is 13.7. The number of benzene rings is 1. The number of hydrogen-bond donors (Lipinski definition) is 1. The van der Waals surface area contributed by atoms with E-state index in [0.29, 0.717) is 29.5 Å². The van der Waals surface area contributed by atoms with Gasteiger partial charge < -0.3 is 15.0 Å². The molecule has 1 aliphatic heterocycles. The summed E-state index contributed by atoms with van der Waals surface area (Å²) in [5.41, 5.74) is 0.358. The zero-order valence-electron chi connectivity index (χ0n) is 13.6. The second-order valence-electron chi connectivity index (χ2n) is 5.33. The number of amides is 2. The molecule has 0 saturated carbocycles. The van der Waals surface area contributed by atoms with Crippen molar-refractivity contribution in [2.75, 3.05) is 26.0 Å². The highest BCUT2D eigenvalue weighted by molar-refractivity contribution is 8.00. The molecule has 2 rings (SSSR count). The summed E-state index contributed by atoms with van der Waals surface area (Å²) in [5.74, 6) is 0.142. The van der Waals surface area contributed by atoms with E-state index in [2.05, 4.69) is 5.32 Å². The first-order valence-electron chi connectivity index (χ1n) is 7.65. The molecule has 1 saturated heterocycles. The molecule has 2 unspecified atom stereocenters. The third kappa shape index (κ3) is 4.36. The average Bonchev–Trinajstić information content (AvgIpc) is 2.98. The number of rotatable bonds is 6. The van der Waals surface area contributed by atoms with Crippen molar-refractivity contribution >= 4 is 46.8 Å². The fourth-order valence-corrected chi connectivity index (χ4v) is 4.39. The van der Waals surface area contributed by atoms with Crippen LogP contribution in [0.3, 0.4) is 0 Å². The first-order chi connectivity index (χ1) is 11.5. The number of carbonyl (C=O) groups excluding carboxylic acids is 2. The van der Waals surface area contributed by atoms with Gasteiger partial charge in [-0.05, 0) is 24.6 Å². The summed E-state index contributed by atoms with van der Waals surface area (Å²) in [6, 6.07) is 4.24. The molecule has 0 aliphatic carbocycles. The van der Waals surface area contributed by atoms with Crippen LogP contribution in [0.5, 0.6) is 0 Å². The first kappa shape index (κ1) is 19.4. The minimum Gasteiger partial charge on any atom is -0.383 e. The Balaban J connectivity index is 2.21.